The number of hydrogen-bond donors (Lipinski definition) is 3. The van der Waals surface area contributed by atoms with Crippen LogP contribution in [0.4, 0.5) is 0 Å². The molecule has 0 unspecified atom stereocenters. The van der Waals surface area contributed by atoms with Crippen molar-refractivity contribution in [3.8, 4) is 11.1 Å². The smallest absolute Gasteiger partial charge is 0.266 e. The summed E-state index contributed by atoms with van der Waals surface area (Å²) in [6, 6.07) is 26.2. The third-order valence-electron chi connectivity index (χ3n) is 6.16. The van der Waals surface area contributed by atoms with Crippen molar-refractivity contribution in [3.05, 3.63) is 114 Å². The van der Waals surface area contributed by atoms with Crippen LogP contribution in [-0.4, -0.2) is 42.8 Å². The van der Waals surface area contributed by atoms with Crippen LogP contribution in [0.3, 0.4) is 0 Å². The molecule has 4 rings (SSSR count). The number of halogens is 2. The van der Waals surface area contributed by atoms with Crippen molar-refractivity contribution >= 4 is 52.5 Å². The molecule has 1 heterocycles. The molecular formula is C31H35Cl2N3O4S2. The molecule has 7 nitrogen and oxygen atoms in total. The van der Waals surface area contributed by atoms with Gasteiger partial charge in [0.05, 0.1) is 11.7 Å². The van der Waals surface area contributed by atoms with E-state index in [0.29, 0.717) is 17.0 Å². The Labute approximate surface area is 264 Å². The van der Waals surface area contributed by atoms with Crippen molar-refractivity contribution in [3.63, 3.8) is 0 Å². The van der Waals surface area contributed by atoms with Gasteiger partial charge in [-0.2, -0.15) is 0 Å². The van der Waals surface area contributed by atoms with Crippen LogP contribution in [0, 0.1) is 0 Å². The van der Waals surface area contributed by atoms with Crippen molar-refractivity contribution in [2.75, 3.05) is 13.1 Å². The van der Waals surface area contributed by atoms with Crippen LogP contribution in [0.2, 0.25) is 0 Å². The van der Waals surface area contributed by atoms with Gasteiger partial charge in [0.2, 0.25) is 0 Å². The summed E-state index contributed by atoms with van der Waals surface area (Å²) in [5.41, 5.74) is 4.30. The van der Waals surface area contributed by atoms with Crippen LogP contribution in [0.5, 0.6) is 0 Å². The van der Waals surface area contributed by atoms with Crippen LogP contribution < -0.4 is 10.0 Å². The maximum atomic E-state index is 13.0. The van der Waals surface area contributed by atoms with Crippen molar-refractivity contribution in [1.82, 2.24) is 15.0 Å². The van der Waals surface area contributed by atoms with Crippen LogP contribution in [-0.2, 0) is 16.4 Å². The van der Waals surface area contributed by atoms with E-state index in [2.05, 4.69) is 27.2 Å². The molecule has 0 aliphatic heterocycles. The predicted molar refractivity (Wildman–Crippen MR) is 174 cm³/mol. The van der Waals surface area contributed by atoms with Crippen molar-refractivity contribution < 1.29 is 18.3 Å². The summed E-state index contributed by atoms with van der Waals surface area (Å²) >= 11 is 1.50. The molecule has 224 valence electrons. The van der Waals surface area contributed by atoms with Gasteiger partial charge in [-0.05, 0) is 59.5 Å². The summed E-state index contributed by atoms with van der Waals surface area (Å²) in [7, 11) is -4.04. The summed E-state index contributed by atoms with van der Waals surface area (Å²) in [6.07, 6.45) is 2.96. The lowest BCUT2D eigenvalue weighted by Gasteiger charge is -2.14. The number of nitrogens with zero attached hydrogens (tertiary/aromatic N) is 1. The normalized spacial score (nSPS) is 11.7. The van der Waals surface area contributed by atoms with Gasteiger partial charge in [0.25, 0.3) is 15.9 Å². The highest BCUT2D eigenvalue weighted by molar-refractivity contribution is 8.00. The molecule has 0 spiro atoms. The molecular weight excluding hydrogens is 613 g/mol. The summed E-state index contributed by atoms with van der Waals surface area (Å²) in [6.45, 7) is 5.27. The molecule has 11 heteroatoms. The number of carbonyl (C=O) groups is 1. The van der Waals surface area contributed by atoms with Gasteiger partial charge in [0.15, 0.2) is 0 Å². The number of nitrogens with one attached hydrogen (secondary N) is 2. The highest BCUT2D eigenvalue weighted by Gasteiger charge is 2.22. The number of rotatable bonds is 12. The number of aliphatic hydroxyl groups is 1. The van der Waals surface area contributed by atoms with E-state index in [4.69, 9.17) is 0 Å². The molecule has 42 heavy (non-hydrogen) atoms. The number of benzene rings is 3. The number of carbonyl (C=O) groups excluding carboxylic acids is 1. The first-order valence-electron chi connectivity index (χ1n) is 13.0. The lowest BCUT2D eigenvalue weighted by Crippen LogP contribution is -2.31. The fraction of sp³-hybridized carbons (Fsp3) is 0.226. The molecule has 0 bridgehead atoms. The number of aromatic nitrogens is 1. The monoisotopic (exact) mass is 647 g/mol. The number of thioether (sulfide) groups is 1. The minimum atomic E-state index is -4.04. The first-order valence-corrected chi connectivity index (χ1v) is 15.4. The Morgan fingerprint density at radius 3 is 2.26 bits per heavy atom. The van der Waals surface area contributed by atoms with E-state index in [9.17, 15) is 18.3 Å². The second-order valence-corrected chi connectivity index (χ2v) is 12.9. The number of sulfonamides is 1. The van der Waals surface area contributed by atoms with Crippen LogP contribution in [0.25, 0.3) is 11.1 Å². The zero-order valence-corrected chi connectivity index (χ0v) is 26.5. The fourth-order valence-corrected chi connectivity index (χ4v) is 6.03. The molecule has 0 aliphatic rings. The van der Waals surface area contributed by atoms with Crippen molar-refractivity contribution in [1.29, 1.82) is 0 Å². The van der Waals surface area contributed by atoms with E-state index in [0.717, 1.165) is 29.7 Å². The molecule has 0 saturated carbocycles. The fourth-order valence-electron chi connectivity index (χ4n) is 4.11. The molecule has 4 aromatic rings. The molecule has 0 saturated heterocycles. The molecule has 3 N–H and O–H groups in total. The van der Waals surface area contributed by atoms with E-state index >= 15 is 0 Å². The topological polar surface area (TPSA) is 108 Å². The quantitative estimate of drug-likeness (QED) is 0.126. The molecule has 3 aromatic carbocycles. The Morgan fingerprint density at radius 2 is 1.62 bits per heavy atom. The number of amides is 1. The average molecular weight is 649 g/mol. The van der Waals surface area contributed by atoms with Gasteiger partial charge in [-0.15, -0.1) is 36.6 Å². The number of aliphatic hydroxyl groups excluding tert-OH is 1. The predicted octanol–water partition coefficient (Wildman–Crippen LogP) is 6.08. The highest BCUT2D eigenvalue weighted by Crippen LogP contribution is 2.32. The van der Waals surface area contributed by atoms with Gasteiger partial charge in [0.1, 0.15) is 4.90 Å². The summed E-state index contributed by atoms with van der Waals surface area (Å²) in [4.78, 5) is 17.5. The van der Waals surface area contributed by atoms with E-state index < -0.39 is 22.0 Å². The lowest BCUT2D eigenvalue weighted by molar-refractivity contribution is 0.0978. The van der Waals surface area contributed by atoms with Gasteiger partial charge in [-0.25, -0.2) is 13.1 Å². The van der Waals surface area contributed by atoms with E-state index in [1.807, 2.05) is 68.4 Å². The minimum Gasteiger partial charge on any atom is -0.387 e. The summed E-state index contributed by atoms with van der Waals surface area (Å²) in [5.74, 6) is -0.682. The van der Waals surface area contributed by atoms with Gasteiger partial charge in [-0.3, -0.25) is 9.78 Å². The second-order valence-electron chi connectivity index (χ2n) is 9.58. The maximum Gasteiger partial charge on any atom is 0.266 e. The first kappa shape index (κ1) is 35.3. The van der Waals surface area contributed by atoms with Crippen LogP contribution in [0.15, 0.2) is 107 Å². The summed E-state index contributed by atoms with van der Waals surface area (Å²) < 4.78 is 27.5. The lowest BCUT2D eigenvalue weighted by atomic mass is 10.0. The van der Waals surface area contributed by atoms with Crippen molar-refractivity contribution in [2.45, 2.75) is 41.4 Å². The third kappa shape index (κ3) is 9.83. The molecule has 1 atom stereocenters. The van der Waals surface area contributed by atoms with Gasteiger partial charge < -0.3 is 10.4 Å². The zero-order chi connectivity index (χ0) is 28.5. The highest BCUT2D eigenvalue weighted by atomic mass is 35.5. The largest absolute Gasteiger partial charge is 0.387 e. The number of pyridine rings is 1. The Morgan fingerprint density at radius 1 is 0.929 bits per heavy atom. The van der Waals surface area contributed by atoms with E-state index in [1.165, 1.54) is 41.9 Å². The molecule has 0 radical (unpaired) electrons. The SMILES string of the molecule is CC(C)Sc1cc(-c2ccc(CCNC[C@H](O)c3ccccc3)cc2)ccc1C(=O)NS(=O)(=O)c1cccnc1.Cl.Cl. The Kier molecular flexibility index (Phi) is 14.0. The number of hydrogen-bond acceptors (Lipinski definition) is 7. The third-order valence-corrected chi connectivity index (χ3v) is 8.54. The molecule has 1 amide bonds. The Bertz CT molecular complexity index is 1520. The Balaban J connectivity index is 0.00000308. The zero-order valence-electron chi connectivity index (χ0n) is 23.3. The van der Waals surface area contributed by atoms with E-state index in [1.54, 1.807) is 6.07 Å². The minimum absolute atomic E-state index is 0. The van der Waals surface area contributed by atoms with Crippen LogP contribution in [0.1, 0.15) is 41.4 Å². The van der Waals surface area contributed by atoms with Gasteiger partial charge >= 0.3 is 0 Å². The summed E-state index contributed by atoms with van der Waals surface area (Å²) in [5, 5.41) is 13.8. The molecule has 1 aromatic heterocycles. The Hall–Kier alpha value is -2.92. The van der Waals surface area contributed by atoms with E-state index in [-0.39, 0.29) is 35.0 Å². The molecule has 0 aliphatic carbocycles. The van der Waals surface area contributed by atoms with Crippen molar-refractivity contribution in [2.24, 2.45) is 0 Å². The maximum absolute atomic E-state index is 13.0. The van der Waals surface area contributed by atoms with Gasteiger partial charge in [0, 0.05) is 29.1 Å². The van der Waals surface area contributed by atoms with Gasteiger partial charge in [-0.1, -0.05) is 74.5 Å². The first-order chi connectivity index (χ1) is 19.2. The second kappa shape index (κ2) is 16.6. The average Bonchev–Trinajstić information content (AvgIpc) is 2.96. The standard InChI is InChI=1S/C31H33N3O4S2.2ClH/c1-22(2)39-30-19-26(14-15-28(30)31(36)34-40(37,38)27-9-6-17-32-20-27)24-12-10-23(11-13-24)16-18-33-21-29(35)25-7-4-3-5-8-25;;/h3-15,17,19-20,22,29,33,35H,16,18,21H2,1-2H3,(H,34,36);2*1H/t29-;;/m0../s1. The van der Waals surface area contributed by atoms with Crippen LogP contribution >= 0.6 is 36.6 Å². The molecule has 0 fully saturated rings.